The van der Waals surface area contributed by atoms with E-state index in [0.29, 0.717) is 49.5 Å². The topological polar surface area (TPSA) is 109 Å². The molecular formula is C32H35F2NO6. The van der Waals surface area contributed by atoms with Gasteiger partial charge in [0.15, 0.2) is 0 Å². The normalized spacial score (nSPS) is 26.8. The lowest BCUT2D eigenvalue weighted by Crippen LogP contribution is -2.48. The van der Waals surface area contributed by atoms with Crippen LogP contribution in [0, 0.1) is 29.4 Å². The van der Waals surface area contributed by atoms with E-state index in [2.05, 4.69) is 11.6 Å². The first-order chi connectivity index (χ1) is 19.6. The Kier molecular flexibility index (Phi) is 8.03. The summed E-state index contributed by atoms with van der Waals surface area (Å²) < 4.78 is 41.4. The number of benzene rings is 1. The van der Waals surface area contributed by atoms with Crippen molar-refractivity contribution in [2.45, 2.75) is 57.7 Å². The van der Waals surface area contributed by atoms with Gasteiger partial charge in [-0.1, -0.05) is 13.5 Å². The molecule has 1 aromatic carbocycles. The van der Waals surface area contributed by atoms with Gasteiger partial charge in [0.1, 0.15) is 24.0 Å². The van der Waals surface area contributed by atoms with E-state index in [1.807, 2.05) is 13.8 Å². The molecular weight excluding hydrogens is 532 g/mol. The van der Waals surface area contributed by atoms with E-state index in [1.165, 1.54) is 6.07 Å². The van der Waals surface area contributed by atoms with E-state index in [-0.39, 0.29) is 48.0 Å². The number of carbonyl (C=O) groups is 1. The number of rotatable bonds is 12. The molecule has 0 spiro atoms. The maximum Gasteiger partial charge on any atom is 0.307 e. The third-order valence-corrected chi connectivity index (χ3v) is 8.61. The molecule has 5 rings (SSSR count). The van der Waals surface area contributed by atoms with Crippen molar-refractivity contribution in [3.63, 3.8) is 0 Å². The molecule has 9 heteroatoms. The molecule has 41 heavy (non-hydrogen) atoms. The van der Waals surface area contributed by atoms with Gasteiger partial charge in [0.25, 0.3) is 0 Å². The first-order valence-corrected chi connectivity index (χ1v) is 13.9. The van der Waals surface area contributed by atoms with Crippen LogP contribution in [0.15, 0.2) is 54.5 Å². The molecule has 0 bridgehead atoms. The van der Waals surface area contributed by atoms with Crippen molar-refractivity contribution in [2.24, 2.45) is 17.8 Å². The Morgan fingerprint density at radius 2 is 2.00 bits per heavy atom. The van der Waals surface area contributed by atoms with Crippen LogP contribution in [-0.2, 0) is 22.6 Å². The fraction of sp³-hybridized carbons (Fsp3) is 0.438. The molecule has 3 atom stereocenters. The van der Waals surface area contributed by atoms with Crippen molar-refractivity contribution in [3.8, 4) is 5.88 Å². The largest absolute Gasteiger partial charge is 0.493 e. The summed E-state index contributed by atoms with van der Waals surface area (Å²) in [7, 11) is 0. The number of nitrogens with zero attached hydrogens (tertiary/aromatic N) is 1. The number of carboxylic acids is 1. The molecule has 2 aromatic rings. The van der Waals surface area contributed by atoms with Crippen LogP contribution in [0.2, 0.25) is 0 Å². The van der Waals surface area contributed by atoms with Crippen LogP contribution in [0.1, 0.15) is 61.3 Å². The van der Waals surface area contributed by atoms with Crippen LogP contribution in [0.25, 0.3) is 5.57 Å². The van der Waals surface area contributed by atoms with E-state index in [9.17, 15) is 24.5 Å². The van der Waals surface area contributed by atoms with Crippen LogP contribution in [0.3, 0.4) is 0 Å². The Bertz CT molecular complexity index is 1430. The van der Waals surface area contributed by atoms with Crippen molar-refractivity contribution in [1.82, 2.24) is 4.98 Å². The summed E-state index contributed by atoms with van der Waals surface area (Å²) >= 11 is 0. The van der Waals surface area contributed by atoms with Crippen molar-refractivity contribution >= 4 is 11.5 Å². The summed E-state index contributed by atoms with van der Waals surface area (Å²) in [6.07, 6.45) is 7.02. The smallest absolute Gasteiger partial charge is 0.307 e. The summed E-state index contributed by atoms with van der Waals surface area (Å²) in [6.45, 7) is 7.45. The van der Waals surface area contributed by atoms with Crippen LogP contribution < -0.4 is 4.74 Å². The molecule has 2 fully saturated rings. The zero-order valence-corrected chi connectivity index (χ0v) is 23.2. The Morgan fingerprint density at radius 3 is 2.66 bits per heavy atom. The molecule has 3 aliphatic carbocycles. The Hall–Kier alpha value is -3.56. The summed E-state index contributed by atoms with van der Waals surface area (Å²) in [5.74, 6) is -1.49. The van der Waals surface area contributed by atoms with Gasteiger partial charge in [-0.3, -0.25) is 4.79 Å². The number of ether oxygens (including phenoxy) is 2. The van der Waals surface area contributed by atoms with E-state index in [4.69, 9.17) is 9.47 Å². The third-order valence-electron chi connectivity index (χ3n) is 8.61. The Labute approximate surface area is 237 Å². The number of hydrogen-bond acceptors (Lipinski definition) is 6. The Balaban J connectivity index is 1.28. The molecule has 0 amide bonds. The van der Waals surface area contributed by atoms with E-state index >= 15 is 4.39 Å². The van der Waals surface area contributed by atoms with Gasteiger partial charge in [0, 0.05) is 35.4 Å². The van der Waals surface area contributed by atoms with Gasteiger partial charge >= 0.3 is 5.97 Å². The van der Waals surface area contributed by atoms with Crippen molar-refractivity contribution < 1.29 is 38.4 Å². The number of pyridine rings is 1. The highest BCUT2D eigenvalue weighted by Crippen LogP contribution is 2.61. The molecule has 3 N–H and O–H groups in total. The quantitative estimate of drug-likeness (QED) is 0.236. The lowest BCUT2D eigenvalue weighted by molar-refractivity contribution is -0.139. The van der Waals surface area contributed by atoms with Crippen LogP contribution in [-0.4, -0.2) is 45.1 Å². The minimum atomic E-state index is -1.03. The molecule has 3 aliphatic rings. The number of allylic oxidation sites excluding steroid dienone is 4. The van der Waals surface area contributed by atoms with Gasteiger partial charge in [0.05, 0.1) is 24.7 Å². The van der Waals surface area contributed by atoms with Gasteiger partial charge in [-0.25, -0.2) is 13.8 Å². The van der Waals surface area contributed by atoms with Crippen molar-refractivity contribution in [1.29, 1.82) is 0 Å². The summed E-state index contributed by atoms with van der Waals surface area (Å²) in [4.78, 5) is 15.6. The average molecular weight is 568 g/mol. The van der Waals surface area contributed by atoms with E-state index in [1.54, 1.807) is 24.4 Å². The summed E-state index contributed by atoms with van der Waals surface area (Å²) in [5, 5.41) is 28.5. The fourth-order valence-corrected chi connectivity index (χ4v) is 6.39. The van der Waals surface area contributed by atoms with Crippen LogP contribution in [0.4, 0.5) is 8.78 Å². The van der Waals surface area contributed by atoms with Gasteiger partial charge in [-0.05, 0) is 84.9 Å². The van der Waals surface area contributed by atoms with Gasteiger partial charge in [-0.15, -0.1) is 0 Å². The molecule has 1 aromatic heterocycles. The summed E-state index contributed by atoms with van der Waals surface area (Å²) in [5.41, 5.74) is 2.77. The highest BCUT2D eigenvalue weighted by Gasteiger charge is 2.60. The lowest BCUT2D eigenvalue weighted by atomic mass is 9.72. The predicted molar refractivity (Wildman–Crippen MR) is 148 cm³/mol. The van der Waals surface area contributed by atoms with Crippen LogP contribution >= 0.6 is 0 Å². The molecule has 0 radical (unpaired) electrons. The number of aliphatic hydroxyl groups excluding tert-OH is 1. The number of carboxylic acid groups (broad SMARTS) is 1. The zero-order valence-electron chi connectivity index (χ0n) is 23.2. The number of aliphatic carboxylic acids is 1. The minimum Gasteiger partial charge on any atom is -0.493 e. The first-order valence-electron chi connectivity index (χ1n) is 13.9. The second-order valence-electron chi connectivity index (χ2n) is 11.4. The van der Waals surface area contributed by atoms with Crippen molar-refractivity contribution in [2.75, 3.05) is 13.2 Å². The molecule has 7 nitrogen and oxygen atoms in total. The fourth-order valence-electron chi connectivity index (χ4n) is 6.39. The van der Waals surface area contributed by atoms with Crippen LogP contribution in [0.5, 0.6) is 5.88 Å². The SMILES string of the molecule is C=C/C(=C\C(C)=C(/CC)c1cc(COc2cc3c(cn2)[C@H]2[C@@H](C3)[C@@H]2C(=O)O)c(F)cc1F)OC[C@H]1C[C@@](O)(CO)C1. The highest BCUT2D eigenvalue weighted by atomic mass is 19.1. The highest BCUT2D eigenvalue weighted by molar-refractivity contribution is 5.77. The second kappa shape index (κ2) is 11.4. The van der Waals surface area contributed by atoms with Crippen molar-refractivity contribution in [3.05, 3.63) is 88.3 Å². The minimum absolute atomic E-state index is 0.00850. The van der Waals surface area contributed by atoms with Gasteiger partial charge < -0.3 is 24.8 Å². The number of aromatic nitrogens is 1. The maximum atomic E-state index is 15.0. The number of halogens is 2. The zero-order chi connectivity index (χ0) is 29.5. The molecule has 1 heterocycles. The maximum absolute atomic E-state index is 15.0. The van der Waals surface area contributed by atoms with E-state index in [0.717, 1.165) is 22.8 Å². The van der Waals surface area contributed by atoms with Gasteiger partial charge in [0.2, 0.25) is 5.88 Å². The molecule has 0 aliphatic heterocycles. The van der Waals surface area contributed by atoms with Gasteiger partial charge in [-0.2, -0.15) is 0 Å². The van der Waals surface area contributed by atoms with E-state index < -0.39 is 23.2 Å². The lowest BCUT2D eigenvalue weighted by Gasteiger charge is -2.42. The monoisotopic (exact) mass is 567 g/mol. The number of aliphatic hydroxyl groups is 2. The standard InChI is InChI=1S/C32H35F2NO6/c1-4-21(40-14-18-11-32(39,12-18)16-36)6-17(3)22(5-2)23-8-20(26(33)10-27(23)34)15-41-28-9-19-7-24-29(25(19)13-35-28)30(24)31(37)38/h4,6,8-10,13,18,24,29-30,36,39H,1,5,7,11-12,14-16H2,2-3H3,(H,37,38)/b21-6+,22-17+/t18-,24-,29-,30+,32-/m1/s1. The molecule has 0 saturated heterocycles. The molecule has 218 valence electrons. The second-order valence-corrected chi connectivity index (χ2v) is 11.4. The molecule has 0 unspecified atom stereocenters. The average Bonchev–Trinajstić information content (AvgIpc) is 3.52. The summed E-state index contributed by atoms with van der Waals surface area (Å²) in [6, 6.07) is 4.10. The number of fused-ring (bicyclic) bond motifs is 3. The third kappa shape index (κ3) is 5.78. The number of hydrogen-bond donors (Lipinski definition) is 3. The first kappa shape index (κ1) is 29.0. The predicted octanol–water partition coefficient (Wildman–Crippen LogP) is 5.31. The molecule has 2 saturated carbocycles. The Morgan fingerprint density at radius 1 is 1.24 bits per heavy atom.